The fourth-order valence-corrected chi connectivity index (χ4v) is 2.53. The smallest absolute Gasteiger partial charge is 0.338 e. The van der Waals surface area contributed by atoms with Gasteiger partial charge in [-0.2, -0.15) is 0 Å². The number of hydrogen-bond acceptors (Lipinski definition) is 7. The number of hydrogen-bond donors (Lipinski definition) is 1. The molecule has 0 aliphatic carbocycles. The Morgan fingerprint density at radius 1 is 1.21 bits per heavy atom. The van der Waals surface area contributed by atoms with Crippen molar-refractivity contribution < 1.29 is 14.3 Å². The molecular weight excluding hydrogens is 310 g/mol. The number of nitrogens with zero attached hydrogens (tertiary/aromatic N) is 4. The van der Waals surface area contributed by atoms with E-state index in [0.29, 0.717) is 29.1 Å². The third kappa shape index (κ3) is 2.79. The maximum Gasteiger partial charge on any atom is 0.338 e. The summed E-state index contributed by atoms with van der Waals surface area (Å²) in [6.07, 6.45) is 2.91. The van der Waals surface area contributed by atoms with E-state index in [1.807, 2.05) is 10.6 Å². The molecule has 0 radical (unpaired) electrons. The molecule has 1 aromatic carbocycles. The average Bonchev–Trinajstić information content (AvgIpc) is 3.22. The van der Waals surface area contributed by atoms with E-state index in [9.17, 15) is 4.79 Å². The van der Waals surface area contributed by atoms with Crippen LogP contribution in [0.4, 0.5) is 5.82 Å². The molecule has 8 heteroatoms. The van der Waals surface area contributed by atoms with Crippen LogP contribution in [-0.4, -0.2) is 44.3 Å². The number of anilines is 1. The van der Waals surface area contributed by atoms with E-state index in [1.165, 1.54) is 6.33 Å². The lowest BCUT2D eigenvalue weighted by Gasteiger charge is -2.03. The Morgan fingerprint density at radius 3 is 2.88 bits per heavy atom. The van der Waals surface area contributed by atoms with Crippen LogP contribution in [0.5, 0.6) is 0 Å². The van der Waals surface area contributed by atoms with Crippen LogP contribution in [0.3, 0.4) is 0 Å². The van der Waals surface area contributed by atoms with Crippen LogP contribution in [0.2, 0.25) is 0 Å². The zero-order valence-electron chi connectivity index (χ0n) is 12.7. The first-order chi connectivity index (χ1) is 11.7. The molecule has 1 aliphatic rings. The molecule has 3 heterocycles. The lowest BCUT2D eigenvalue weighted by atomic mass is 10.2. The van der Waals surface area contributed by atoms with Crippen molar-refractivity contribution in [3.8, 4) is 0 Å². The lowest BCUT2D eigenvalue weighted by molar-refractivity contribution is 0.0476. The average molecular weight is 325 g/mol. The molecule has 24 heavy (non-hydrogen) atoms. The quantitative estimate of drug-likeness (QED) is 0.551. The van der Waals surface area contributed by atoms with Crippen LogP contribution in [0, 0.1) is 0 Å². The maximum atomic E-state index is 11.9. The van der Waals surface area contributed by atoms with Crippen molar-refractivity contribution in [1.29, 1.82) is 0 Å². The number of fused-ring (bicyclic) bond motifs is 1. The zero-order valence-corrected chi connectivity index (χ0v) is 12.7. The summed E-state index contributed by atoms with van der Waals surface area (Å²) >= 11 is 0. The van der Waals surface area contributed by atoms with E-state index >= 15 is 0 Å². The van der Waals surface area contributed by atoms with Crippen LogP contribution in [-0.2, 0) is 16.0 Å². The number of nitrogen functional groups attached to an aromatic ring is 1. The first-order valence-corrected chi connectivity index (χ1v) is 7.51. The molecule has 0 saturated carbocycles. The Labute approximate surface area is 137 Å². The Balaban J connectivity index is 1.34. The SMILES string of the molecule is Nc1ncnc2c1ncn2C[C@@H]1O[C@@H]1COC(=O)c1ccccc1. The second kappa shape index (κ2) is 5.89. The lowest BCUT2D eigenvalue weighted by Crippen LogP contribution is -2.14. The minimum absolute atomic E-state index is 0.0397. The van der Waals surface area contributed by atoms with Gasteiger partial charge in [0.1, 0.15) is 30.7 Å². The molecule has 0 spiro atoms. The number of imidazole rings is 1. The first-order valence-electron chi connectivity index (χ1n) is 7.51. The zero-order chi connectivity index (χ0) is 16.5. The number of rotatable bonds is 5. The third-order valence-electron chi connectivity index (χ3n) is 3.88. The summed E-state index contributed by atoms with van der Waals surface area (Å²) < 4.78 is 12.7. The van der Waals surface area contributed by atoms with Gasteiger partial charge in [-0.1, -0.05) is 18.2 Å². The van der Waals surface area contributed by atoms with Crippen molar-refractivity contribution in [3.63, 3.8) is 0 Å². The fraction of sp³-hybridized carbons (Fsp3) is 0.250. The summed E-state index contributed by atoms with van der Waals surface area (Å²) in [6, 6.07) is 8.88. The molecule has 0 unspecified atom stereocenters. The highest BCUT2D eigenvalue weighted by atomic mass is 16.6. The van der Waals surface area contributed by atoms with Gasteiger partial charge >= 0.3 is 5.97 Å². The summed E-state index contributed by atoms with van der Waals surface area (Å²) in [7, 11) is 0. The molecule has 1 aliphatic heterocycles. The van der Waals surface area contributed by atoms with Gasteiger partial charge in [-0.25, -0.2) is 19.7 Å². The van der Waals surface area contributed by atoms with E-state index in [0.717, 1.165) is 0 Å². The third-order valence-corrected chi connectivity index (χ3v) is 3.88. The van der Waals surface area contributed by atoms with Crippen molar-refractivity contribution in [2.24, 2.45) is 0 Å². The molecule has 3 aromatic rings. The van der Waals surface area contributed by atoms with E-state index in [-0.39, 0.29) is 24.8 Å². The minimum Gasteiger partial charge on any atom is -0.459 e. The highest BCUT2D eigenvalue weighted by molar-refractivity contribution is 5.89. The number of epoxide rings is 1. The normalized spacial score (nSPS) is 19.3. The Morgan fingerprint density at radius 2 is 2.04 bits per heavy atom. The fourth-order valence-electron chi connectivity index (χ4n) is 2.53. The molecular formula is C16H15N5O3. The Bertz CT molecular complexity index is 880. The largest absolute Gasteiger partial charge is 0.459 e. The number of esters is 1. The van der Waals surface area contributed by atoms with Gasteiger partial charge in [0.2, 0.25) is 0 Å². The molecule has 1 fully saturated rings. The van der Waals surface area contributed by atoms with Crippen LogP contribution in [0.15, 0.2) is 43.0 Å². The number of nitrogens with two attached hydrogens (primary N) is 1. The van der Waals surface area contributed by atoms with Gasteiger partial charge < -0.3 is 19.8 Å². The van der Waals surface area contributed by atoms with E-state index in [1.54, 1.807) is 30.6 Å². The summed E-state index contributed by atoms with van der Waals surface area (Å²) in [6.45, 7) is 0.794. The van der Waals surface area contributed by atoms with Crippen LogP contribution >= 0.6 is 0 Å². The monoisotopic (exact) mass is 325 g/mol. The van der Waals surface area contributed by atoms with Gasteiger partial charge in [-0.05, 0) is 12.1 Å². The summed E-state index contributed by atoms with van der Waals surface area (Å²) in [5.41, 5.74) is 7.53. The molecule has 1 saturated heterocycles. The first kappa shape index (κ1) is 14.6. The molecule has 0 amide bonds. The highest BCUT2D eigenvalue weighted by Crippen LogP contribution is 2.26. The van der Waals surface area contributed by atoms with Crippen LogP contribution in [0.1, 0.15) is 10.4 Å². The number of aromatic nitrogens is 4. The van der Waals surface area contributed by atoms with Crippen molar-refractivity contribution >= 4 is 23.0 Å². The van der Waals surface area contributed by atoms with Crippen LogP contribution < -0.4 is 5.73 Å². The number of carbonyl (C=O) groups excluding carboxylic acids is 1. The van der Waals surface area contributed by atoms with Gasteiger partial charge in [-0.15, -0.1) is 0 Å². The summed E-state index contributed by atoms with van der Waals surface area (Å²) in [4.78, 5) is 24.2. The molecule has 4 rings (SSSR count). The predicted molar refractivity (Wildman–Crippen MR) is 85.1 cm³/mol. The topological polar surface area (TPSA) is 108 Å². The Hall–Kier alpha value is -3.00. The van der Waals surface area contributed by atoms with Gasteiger partial charge in [-0.3, -0.25) is 0 Å². The predicted octanol–water partition coefficient (Wildman–Crippen LogP) is 1.03. The van der Waals surface area contributed by atoms with E-state index in [2.05, 4.69) is 15.0 Å². The molecule has 2 atom stereocenters. The second-order valence-corrected chi connectivity index (χ2v) is 5.51. The van der Waals surface area contributed by atoms with Gasteiger partial charge in [0.05, 0.1) is 18.4 Å². The van der Waals surface area contributed by atoms with Crippen LogP contribution in [0.25, 0.3) is 11.2 Å². The minimum atomic E-state index is -0.349. The molecule has 2 N–H and O–H groups in total. The van der Waals surface area contributed by atoms with Crippen molar-refractivity contribution in [1.82, 2.24) is 19.5 Å². The number of benzene rings is 1. The molecule has 2 aromatic heterocycles. The summed E-state index contributed by atoms with van der Waals surface area (Å²) in [5.74, 6) is 0.00208. The second-order valence-electron chi connectivity index (χ2n) is 5.51. The van der Waals surface area contributed by atoms with Gasteiger partial charge in [0.15, 0.2) is 11.5 Å². The summed E-state index contributed by atoms with van der Waals surface area (Å²) in [5, 5.41) is 0. The van der Waals surface area contributed by atoms with Crippen molar-refractivity contribution in [3.05, 3.63) is 48.5 Å². The van der Waals surface area contributed by atoms with E-state index < -0.39 is 0 Å². The molecule has 122 valence electrons. The number of carbonyl (C=O) groups is 1. The molecule has 8 nitrogen and oxygen atoms in total. The standard InChI is InChI=1S/C16H15N5O3/c17-14-13-15(19-8-18-14)21(9-20-13)6-11-12(24-11)7-23-16(22)10-4-2-1-3-5-10/h1-5,8-9,11-12H,6-7H2,(H2,17,18,19)/t11-,12+/m0/s1. The number of ether oxygens (including phenoxy) is 2. The van der Waals surface area contributed by atoms with E-state index in [4.69, 9.17) is 15.2 Å². The maximum absolute atomic E-state index is 11.9. The van der Waals surface area contributed by atoms with Gasteiger partial charge in [0.25, 0.3) is 0 Å². The molecule has 0 bridgehead atoms. The van der Waals surface area contributed by atoms with Crippen molar-refractivity contribution in [2.75, 3.05) is 12.3 Å². The Kier molecular flexibility index (Phi) is 3.58. The highest BCUT2D eigenvalue weighted by Gasteiger charge is 2.40. The van der Waals surface area contributed by atoms with Crippen molar-refractivity contribution in [2.45, 2.75) is 18.8 Å². The van der Waals surface area contributed by atoms with Gasteiger partial charge in [0, 0.05) is 0 Å².